The lowest BCUT2D eigenvalue weighted by Gasteiger charge is -2.25. The largest absolute Gasteiger partial charge is 0.481 e. The molecule has 2 aliphatic rings. The lowest BCUT2D eigenvalue weighted by atomic mass is 9.79. The van der Waals surface area contributed by atoms with Crippen LogP contribution in [0.3, 0.4) is 0 Å². The third kappa shape index (κ3) is 1.46. The van der Waals surface area contributed by atoms with Gasteiger partial charge in [0.2, 0.25) is 0 Å². The van der Waals surface area contributed by atoms with Crippen molar-refractivity contribution in [2.45, 2.75) is 32.1 Å². The van der Waals surface area contributed by atoms with Crippen LogP contribution in [0.4, 0.5) is 0 Å². The minimum absolute atomic E-state index is 0.115. The van der Waals surface area contributed by atoms with Crippen LogP contribution in [0, 0.1) is 17.3 Å². The summed E-state index contributed by atoms with van der Waals surface area (Å²) in [6.07, 6.45) is 4.24. The van der Waals surface area contributed by atoms with Crippen LogP contribution in [0.5, 0.6) is 0 Å². The predicted molar refractivity (Wildman–Crippen MR) is 47.2 cm³/mol. The van der Waals surface area contributed by atoms with Gasteiger partial charge in [-0.15, -0.1) is 0 Å². The van der Waals surface area contributed by atoms with Gasteiger partial charge in [0.15, 0.2) is 0 Å². The summed E-state index contributed by atoms with van der Waals surface area (Å²) in [5.74, 6) is 0.734. The van der Waals surface area contributed by atoms with Crippen molar-refractivity contribution < 1.29 is 15.0 Å². The van der Waals surface area contributed by atoms with E-state index in [1.54, 1.807) is 0 Å². The quantitative estimate of drug-likeness (QED) is 0.691. The Hall–Kier alpha value is -0.570. The van der Waals surface area contributed by atoms with Crippen molar-refractivity contribution in [3.8, 4) is 0 Å². The third-order valence-corrected chi connectivity index (χ3v) is 3.64. The summed E-state index contributed by atoms with van der Waals surface area (Å²) in [5.41, 5.74) is -0.476. The van der Waals surface area contributed by atoms with E-state index in [0.29, 0.717) is 24.7 Å². The molecule has 3 heteroatoms. The van der Waals surface area contributed by atoms with Crippen LogP contribution in [-0.4, -0.2) is 22.8 Å². The highest BCUT2D eigenvalue weighted by atomic mass is 16.4. The second-order valence-electron chi connectivity index (χ2n) is 4.58. The second kappa shape index (κ2) is 2.98. The van der Waals surface area contributed by atoms with Crippen molar-refractivity contribution in [2.24, 2.45) is 17.3 Å². The van der Waals surface area contributed by atoms with E-state index in [1.165, 1.54) is 6.42 Å². The van der Waals surface area contributed by atoms with Crippen molar-refractivity contribution >= 4 is 5.97 Å². The van der Waals surface area contributed by atoms with Gasteiger partial charge >= 0.3 is 5.97 Å². The molecule has 3 nitrogen and oxygen atoms in total. The Kier molecular flexibility index (Phi) is 2.06. The molecular formula is C10H16O3. The molecule has 2 N–H and O–H groups in total. The maximum atomic E-state index is 11.1. The van der Waals surface area contributed by atoms with Gasteiger partial charge in [0.05, 0.1) is 5.41 Å². The summed E-state index contributed by atoms with van der Waals surface area (Å²) >= 11 is 0. The van der Waals surface area contributed by atoms with Crippen LogP contribution < -0.4 is 0 Å². The van der Waals surface area contributed by atoms with E-state index in [1.807, 2.05) is 0 Å². The van der Waals surface area contributed by atoms with Crippen LogP contribution in [0.2, 0.25) is 0 Å². The van der Waals surface area contributed by atoms with E-state index in [-0.39, 0.29) is 6.61 Å². The number of carboxylic acids is 1. The molecule has 0 saturated heterocycles. The number of aliphatic hydroxyl groups is 1. The minimum Gasteiger partial charge on any atom is -0.481 e. The molecule has 0 heterocycles. The summed E-state index contributed by atoms with van der Waals surface area (Å²) < 4.78 is 0. The van der Waals surface area contributed by atoms with Gasteiger partial charge in [0, 0.05) is 6.61 Å². The van der Waals surface area contributed by atoms with Gasteiger partial charge in [0.1, 0.15) is 0 Å². The Labute approximate surface area is 77.8 Å². The zero-order chi connectivity index (χ0) is 9.47. The third-order valence-electron chi connectivity index (χ3n) is 3.64. The van der Waals surface area contributed by atoms with Crippen LogP contribution in [-0.2, 0) is 4.79 Å². The number of carboxylic acid groups (broad SMARTS) is 1. The number of rotatable bonds is 4. The van der Waals surface area contributed by atoms with Gasteiger partial charge in [0.25, 0.3) is 0 Å². The second-order valence-corrected chi connectivity index (χ2v) is 4.58. The molecule has 2 atom stereocenters. The first-order valence-corrected chi connectivity index (χ1v) is 5.02. The lowest BCUT2D eigenvalue weighted by Crippen LogP contribution is -2.29. The average molecular weight is 184 g/mol. The standard InChI is InChI=1S/C10H16O3/c11-3-1-2-10(9(12)13)5-7-4-8(7)6-10/h7-8,11H,1-6H2,(H,12,13). The first-order valence-electron chi connectivity index (χ1n) is 5.02. The molecule has 2 rings (SSSR count). The maximum absolute atomic E-state index is 11.1. The Balaban J connectivity index is 1.99. The van der Waals surface area contributed by atoms with E-state index >= 15 is 0 Å². The van der Waals surface area contributed by atoms with Crippen LogP contribution in [0.15, 0.2) is 0 Å². The monoisotopic (exact) mass is 184 g/mol. The van der Waals surface area contributed by atoms with E-state index < -0.39 is 11.4 Å². The highest BCUT2D eigenvalue weighted by Gasteiger charge is 2.56. The van der Waals surface area contributed by atoms with Crippen molar-refractivity contribution in [3.05, 3.63) is 0 Å². The molecule has 2 aliphatic carbocycles. The van der Waals surface area contributed by atoms with Crippen LogP contribution in [0.25, 0.3) is 0 Å². The first kappa shape index (κ1) is 9.00. The lowest BCUT2D eigenvalue weighted by molar-refractivity contribution is -0.150. The first-order chi connectivity index (χ1) is 6.18. The maximum Gasteiger partial charge on any atom is 0.309 e. The van der Waals surface area contributed by atoms with E-state index in [0.717, 1.165) is 12.8 Å². The van der Waals surface area contributed by atoms with E-state index in [4.69, 9.17) is 10.2 Å². The number of hydrogen-bond acceptors (Lipinski definition) is 2. The number of hydrogen-bond donors (Lipinski definition) is 2. The normalized spacial score (nSPS) is 41.6. The molecule has 2 unspecified atom stereocenters. The fraction of sp³-hybridized carbons (Fsp3) is 0.900. The zero-order valence-electron chi connectivity index (χ0n) is 7.70. The van der Waals surface area contributed by atoms with Crippen LogP contribution in [0.1, 0.15) is 32.1 Å². The molecule has 0 amide bonds. The van der Waals surface area contributed by atoms with Gasteiger partial charge in [-0.2, -0.15) is 0 Å². The zero-order valence-corrected chi connectivity index (χ0v) is 7.70. The smallest absolute Gasteiger partial charge is 0.309 e. The molecule has 74 valence electrons. The molecule has 0 aromatic rings. The predicted octanol–water partition coefficient (Wildman–Crippen LogP) is 1.26. The van der Waals surface area contributed by atoms with Crippen molar-refractivity contribution in [1.82, 2.24) is 0 Å². The Morgan fingerprint density at radius 1 is 1.38 bits per heavy atom. The van der Waals surface area contributed by atoms with Gasteiger partial charge in [-0.05, 0) is 43.9 Å². The summed E-state index contributed by atoms with van der Waals surface area (Å²) in [7, 11) is 0. The molecule has 0 aromatic carbocycles. The number of aliphatic hydroxyl groups excluding tert-OH is 1. The molecule has 0 spiro atoms. The van der Waals surface area contributed by atoms with Crippen molar-refractivity contribution in [3.63, 3.8) is 0 Å². The molecule has 0 aliphatic heterocycles. The highest BCUT2D eigenvalue weighted by molar-refractivity contribution is 5.75. The van der Waals surface area contributed by atoms with Crippen LogP contribution >= 0.6 is 0 Å². The molecule has 0 bridgehead atoms. The van der Waals surface area contributed by atoms with Gasteiger partial charge in [-0.25, -0.2) is 0 Å². The number of aliphatic carboxylic acids is 1. The molecule has 13 heavy (non-hydrogen) atoms. The molecule has 0 radical (unpaired) electrons. The number of carbonyl (C=O) groups is 1. The fourth-order valence-electron chi connectivity index (χ4n) is 2.80. The van der Waals surface area contributed by atoms with E-state index in [2.05, 4.69) is 0 Å². The minimum atomic E-state index is -0.645. The molecule has 2 fully saturated rings. The van der Waals surface area contributed by atoms with Crippen molar-refractivity contribution in [1.29, 1.82) is 0 Å². The molecular weight excluding hydrogens is 168 g/mol. The van der Waals surface area contributed by atoms with E-state index in [9.17, 15) is 4.79 Å². The number of fused-ring (bicyclic) bond motifs is 1. The highest BCUT2D eigenvalue weighted by Crippen LogP contribution is 2.61. The Bertz CT molecular complexity index is 214. The van der Waals surface area contributed by atoms with Gasteiger partial charge in [-0.1, -0.05) is 0 Å². The molecule has 0 aromatic heterocycles. The SMILES string of the molecule is O=C(O)C1(CCCO)CC2CC2C1. The fourth-order valence-corrected chi connectivity index (χ4v) is 2.80. The topological polar surface area (TPSA) is 57.5 Å². The molecule has 2 saturated carbocycles. The summed E-state index contributed by atoms with van der Waals surface area (Å²) in [5, 5.41) is 17.9. The van der Waals surface area contributed by atoms with Crippen molar-refractivity contribution in [2.75, 3.05) is 6.61 Å². The van der Waals surface area contributed by atoms with Gasteiger partial charge in [-0.3, -0.25) is 4.79 Å². The Morgan fingerprint density at radius 3 is 2.46 bits per heavy atom. The van der Waals surface area contributed by atoms with Gasteiger partial charge < -0.3 is 10.2 Å². The summed E-state index contributed by atoms with van der Waals surface area (Å²) in [4.78, 5) is 11.1. The summed E-state index contributed by atoms with van der Waals surface area (Å²) in [6.45, 7) is 0.115. The average Bonchev–Trinajstić information content (AvgIpc) is 2.71. The summed E-state index contributed by atoms with van der Waals surface area (Å²) in [6, 6.07) is 0. The Morgan fingerprint density at radius 2 is 2.00 bits per heavy atom.